The van der Waals surface area contributed by atoms with Gasteiger partial charge in [0.15, 0.2) is 0 Å². The summed E-state index contributed by atoms with van der Waals surface area (Å²) in [5.41, 5.74) is 5.19. The molecule has 28 heavy (non-hydrogen) atoms. The number of aromatic amines is 1. The number of hydrogen-bond acceptors (Lipinski definition) is 5. The van der Waals surface area contributed by atoms with Crippen molar-refractivity contribution >= 4 is 17.8 Å². The molecule has 0 fully saturated rings. The van der Waals surface area contributed by atoms with Crippen LogP contribution in [-0.4, -0.2) is 34.2 Å². The van der Waals surface area contributed by atoms with Gasteiger partial charge in [0.25, 0.3) is 5.56 Å². The number of benzene rings is 2. The largest absolute Gasteiger partial charge is 0.497 e. The molecule has 1 aromatic heterocycles. The van der Waals surface area contributed by atoms with E-state index in [1.807, 2.05) is 18.2 Å². The second-order valence-electron chi connectivity index (χ2n) is 5.91. The first-order valence-corrected chi connectivity index (χ1v) is 8.10. The van der Waals surface area contributed by atoms with Crippen molar-refractivity contribution < 1.29 is 24.5 Å². The molecule has 0 saturated carbocycles. The molecule has 0 radical (unpaired) electrons. The molecule has 0 aliphatic rings. The number of methoxy groups -OCH3 is 1. The number of carboxylic acids is 2. The van der Waals surface area contributed by atoms with Crippen LogP contribution in [0.2, 0.25) is 0 Å². The van der Waals surface area contributed by atoms with Crippen LogP contribution in [0.1, 0.15) is 20.7 Å². The van der Waals surface area contributed by atoms with Crippen LogP contribution in [0.4, 0.5) is 5.82 Å². The van der Waals surface area contributed by atoms with Crippen molar-refractivity contribution in [3.63, 3.8) is 0 Å². The van der Waals surface area contributed by atoms with E-state index in [9.17, 15) is 24.6 Å². The molecular formula is C20H16N2O6. The minimum absolute atomic E-state index is 0.238. The van der Waals surface area contributed by atoms with Crippen LogP contribution in [0.25, 0.3) is 22.3 Å². The number of carboxylic acid groups (broad SMARTS) is 2. The molecule has 2 aromatic carbocycles. The van der Waals surface area contributed by atoms with Gasteiger partial charge in [0.05, 0.1) is 7.11 Å². The predicted octanol–water partition coefficient (Wildman–Crippen LogP) is 2.70. The number of pyridine rings is 1. The maximum Gasteiger partial charge on any atom is 0.342 e. The van der Waals surface area contributed by atoms with Gasteiger partial charge < -0.3 is 25.7 Å². The Morgan fingerprint density at radius 1 is 0.929 bits per heavy atom. The molecule has 0 unspecified atom stereocenters. The maximum atomic E-state index is 12.1. The summed E-state index contributed by atoms with van der Waals surface area (Å²) in [5.74, 6) is -2.72. The number of rotatable bonds is 5. The fraction of sp³-hybridized carbons (Fsp3) is 0.0500. The van der Waals surface area contributed by atoms with Gasteiger partial charge in [0.2, 0.25) is 0 Å². The highest BCUT2D eigenvalue weighted by Gasteiger charge is 2.26. The summed E-state index contributed by atoms with van der Waals surface area (Å²) in [5, 5.41) is 18.9. The first-order valence-electron chi connectivity index (χ1n) is 8.10. The Kier molecular flexibility index (Phi) is 4.86. The number of carbonyl (C=O) groups is 2. The number of nitrogens with two attached hydrogens (primary N) is 1. The molecule has 142 valence electrons. The molecule has 0 amide bonds. The Hall–Kier alpha value is -4.07. The molecule has 0 bridgehead atoms. The molecule has 8 heteroatoms. The second kappa shape index (κ2) is 7.28. The van der Waals surface area contributed by atoms with Crippen molar-refractivity contribution in [1.29, 1.82) is 0 Å². The summed E-state index contributed by atoms with van der Waals surface area (Å²) in [6.45, 7) is 0. The van der Waals surface area contributed by atoms with Crippen LogP contribution in [0, 0.1) is 0 Å². The molecule has 8 nitrogen and oxygen atoms in total. The quantitative estimate of drug-likeness (QED) is 0.533. The first kappa shape index (κ1) is 18.7. The monoisotopic (exact) mass is 380 g/mol. The number of aromatic nitrogens is 1. The summed E-state index contributed by atoms with van der Waals surface area (Å²) in [6, 6.07) is 13.8. The average molecular weight is 380 g/mol. The van der Waals surface area contributed by atoms with Crippen molar-refractivity contribution in [1.82, 2.24) is 4.98 Å². The third-order valence-electron chi connectivity index (χ3n) is 4.25. The number of anilines is 1. The lowest BCUT2D eigenvalue weighted by atomic mass is 9.94. The van der Waals surface area contributed by atoms with Crippen molar-refractivity contribution in [3.8, 4) is 28.0 Å². The van der Waals surface area contributed by atoms with E-state index in [1.165, 1.54) is 0 Å². The Bertz CT molecular complexity index is 1130. The van der Waals surface area contributed by atoms with Crippen LogP contribution in [0.3, 0.4) is 0 Å². The van der Waals surface area contributed by atoms with E-state index in [2.05, 4.69) is 4.98 Å². The summed E-state index contributed by atoms with van der Waals surface area (Å²) in [6.07, 6.45) is 0. The molecular weight excluding hydrogens is 364 g/mol. The zero-order chi connectivity index (χ0) is 20.4. The highest BCUT2D eigenvalue weighted by molar-refractivity contribution is 6.07. The molecule has 3 aromatic rings. The number of nitrogens with one attached hydrogen (secondary N) is 1. The predicted molar refractivity (Wildman–Crippen MR) is 103 cm³/mol. The average Bonchev–Trinajstić information content (AvgIpc) is 2.66. The summed E-state index contributed by atoms with van der Waals surface area (Å²) in [4.78, 5) is 37.4. The third kappa shape index (κ3) is 3.30. The standard InChI is InChI=1S/C20H16N2O6/c1-28-13-4-2-3-12(9-13)10-5-7-11(8-6-10)14-15(19(24)25)17(21)22-18(23)16(14)20(26)27/h2-9H,1H3,(H,24,25)(H,26,27)(H3,21,22,23). The maximum absolute atomic E-state index is 12.1. The van der Waals surface area contributed by atoms with Gasteiger partial charge in [0.1, 0.15) is 22.7 Å². The van der Waals surface area contributed by atoms with Crippen LogP contribution in [0.15, 0.2) is 53.3 Å². The fourth-order valence-electron chi connectivity index (χ4n) is 2.97. The Balaban J connectivity index is 2.20. The normalized spacial score (nSPS) is 10.5. The first-order chi connectivity index (χ1) is 13.3. The molecule has 0 aliphatic carbocycles. The summed E-state index contributed by atoms with van der Waals surface area (Å²) in [7, 11) is 1.56. The number of H-pyrrole nitrogens is 1. The van der Waals surface area contributed by atoms with Crippen molar-refractivity contribution in [2.24, 2.45) is 0 Å². The topological polar surface area (TPSA) is 143 Å². The van der Waals surface area contributed by atoms with E-state index in [0.29, 0.717) is 5.75 Å². The van der Waals surface area contributed by atoms with Crippen LogP contribution in [0.5, 0.6) is 5.75 Å². The summed E-state index contributed by atoms with van der Waals surface area (Å²) >= 11 is 0. The smallest absolute Gasteiger partial charge is 0.342 e. The van der Waals surface area contributed by atoms with E-state index < -0.39 is 34.4 Å². The van der Waals surface area contributed by atoms with Gasteiger partial charge in [-0.2, -0.15) is 0 Å². The van der Waals surface area contributed by atoms with E-state index in [0.717, 1.165) is 11.1 Å². The van der Waals surface area contributed by atoms with Crippen molar-refractivity contribution in [2.45, 2.75) is 0 Å². The van der Waals surface area contributed by atoms with E-state index in [-0.39, 0.29) is 11.1 Å². The highest BCUT2D eigenvalue weighted by Crippen LogP contribution is 2.31. The zero-order valence-electron chi connectivity index (χ0n) is 14.7. The molecule has 3 rings (SSSR count). The van der Waals surface area contributed by atoms with Gasteiger partial charge in [-0.15, -0.1) is 0 Å². The fourth-order valence-corrected chi connectivity index (χ4v) is 2.97. The molecule has 0 atom stereocenters. The second-order valence-corrected chi connectivity index (χ2v) is 5.91. The minimum atomic E-state index is -1.55. The third-order valence-corrected chi connectivity index (χ3v) is 4.25. The molecule has 0 aliphatic heterocycles. The Morgan fingerprint density at radius 2 is 1.54 bits per heavy atom. The lowest BCUT2D eigenvalue weighted by Gasteiger charge is -2.13. The number of aromatic carboxylic acids is 2. The highest BCUT2D eigenvalue weighted by atomic mass is 16.5. The van der Waals surface area contributed by atoms with Gasteiger partial charge >= 0.3 is 11.9 Å². The van der Waals surface area contributed by atoms with E-state index in [4.69, 9.17) is 10.5 Å². The van der Waals surface area contributed by atoms with Gasteiger partial charge in [-0.25, -0.2) is 9.59 Å². The van der Waals surface area contributed by atoms with Crippen molar-refractivity contribution in [2.75, 3.05) is 12.8 Å². The number of nitrogen functional groups attached to an aromatic ring is 1. The van der Waals surface area contributed by atoms with Crippen LogP contribution in [-0.2, 0) is 0 Å². The Labute approximate surface area is 158 Å². The molecule has 1 heterocycles. The van der Waals surface area contributed by atoms with Gasteiger partial charge in [-0.05, 0) is 28.8 Å². The number of ether oxygens (including phenoxy) is 1. The van der Waals surface area contributed by atoms with E-state index in [1.54, 1.807) is 37.4 Å². The molecule has 0 spiro atoms. The lowest BCUT2D eigenvalue weighted by molar-refractivity contribution is 0.0695. The lowest BCUT2D eigenvalue weighted by Crippen LogP contribution is -2.24. The van der Waals surface area contributed by atoms with Crippen LogP contribution < -0.4 is 16.0 Å². The van der Waals surface area contributed by atoms with Crippen molar-refractivity contribution in [3.05, 3.63) is 70.0 Å². The van der Waals surface area contributed by atoms with E-state index >= 15 is 0 Å². The minimum Gasteiger partial charge on any atom is -0.497 e. The number of hydrogen-bond donors (Lipinski definition) is 4. The SMILES string of the molecule is COc1cccc(-c2ccc(-c3c(C(=O)O)c(N)[nH]c(=O)c3C(=O)O)cc2)c1. The van der Waals surface area contributed by atoms with Gasteiger partial charge in [-0.1, -0.05) is 36.4 Å². The van der Waals surface area contributed by atoms with Crippen LogP contribution >= 0.6 is 0 Å². The van der Waals surface area contributed by atoms with Gasteiger partial charge in [0, 0.05) is 5.56 Å². The molecule has 5 N–H and O–H groups in total. The Morgan fingerprint density at radius 3 is 2.11 bits per heavy atom. The van der Waals surface area contributed by atoms with Gasteiger partial charge in [-0.3, -0.25) is 4.79 Å². The summed E-state index contributed by atoms with van der Waals surface area (Å²) < 4.78 is 5.20. The zero-order valence-corrected chi connectivity index (χ0v) is 14.7. The molecule has 0 saturated heterocycles.